The van der Waals surface area contributed by atoms with Crippen LogP contribution in [0.1, 0.15) is 48.1 Å². The number of halogens is 2. The minimum atomic E-state index is -1.05. The first kappa shape index (κ1) is 27.9. The molecule has 2 saturated heterocycles. The summed E-state index contributed by atoms with van der Waals surface area (Å²) in [5, 5.41) is 10.6. The third-order valence-corrected chi connectivity index (χ3v) is 9.93. The van der Waals surface area contributed by atoms with Gasteiger partial charge in [-0.2, -0.15) is 0 Å². The number of carboxylic acids is 1. The zero-order valence-electron chi connectivity index (χ0n) is 24.1. The van der Waals surface area contributed by atoms with Crippen LogP contribution in [0.4, 0.5) is 5.69 Å². The Kier molecular flexibility index (Phi) is 6.68. The summed E-state index contributed by atoms with van der Waals surface area (Å²) in [5.74, 6) is 0.252. The Hall–Kier alpha value is -3.57. The number of aromatic carboxylic acids is 1. The van der Waals surface area contributed by atoms with Crippen molar-refractivity contribution in [1.82, 2.24) is 19.4 Å². The van der Waals surface area contributed by atoms with E-state index < -0.39 is 11.8 Å². The first-order valence-electron chi connectivity index (χ1n) is 14.9. The largest absolute Gasteiger partial charge is 0.478 e. The molecule has 3 aliphatic heterocycles. The molecule has 1 N–H and O–H groups in total. The molecular formula is C32H31Cl2N5O5. The summed E-state index contributed by atoms with van der Waals surface area (Å²) >= 11 is 12.6. The van der Waals surface area contributed by atoms with Gasteiger partial charge in [-0.25, -0.2) is 9.78 Å². The van der Waals surface area contributed by atoms with Gasteiger partial charge in [0, 0.05) is 44.9 Å². The van der Waals surface area contributed by atoms with Crippen LogP contribution >= 0.6 is 23.2 Å². The maximum Gasteiger partial charge on any atom is 0.335 e. The Balaban J connectivity index is 1.06. The van der Waals surface area contributed by atoms with Crippen molar-refractivity contribution in [2.75, 3.05) is 24.6 Å². The lowest BCUT2D eigenvalue weighted by Crippen LogP contribution is -2.64. The Morgan fingerprint density at radius 1 is 1.09 bits per heavy atom. The van der Waals surface area contributed by atoms with Gasteiger partial charge in [-0.15, -0.1) is 0 Å². The van der Waals surface area contributed by atoms with Gasteiger partial charge in [0.05, 0.1) is 46.0 Å². The number of carbonyl (C=O) groups is 1. The number of carboxylic acid groups (broad SMARTS) is 1. The molecule has 4 aromatic rings. The van der Waals surface area contributed by atoms with Crippen molar-refractivity contribution in [3.63, 3.8) is 0 Å². The highest BCUT2D eigenvalue weighted by Crippen LogP contribution is 2.51. The predicted molar refractivity (Wildman–Crippen MR) is 165 cm³/mol. The summed E-state index contributed by atoms with van der Waals surface area (Å²) in [7, 11) is 0. The van der Waals surface area contributed by atoms with Gasteiger partial charge in [-0.3, -0.25) is 9.88 Å². The van der Waals surface area contributed by atoms with Crippen LogP contribution in [0.5, 0.6) is 11.5 Å². The lowest BCUT2D eigenvalue weighted by molar-refractivity contribution is -0.0717. The third kappa shape index (κ3) is 4.58. The summed E-state index contributed by atoms with van der Waals surface area (Å²) in [4.78, 5) is 26.2. The number of pyridine rings is 1. The number of fused-ring (bicyclic) bond motifs is 3. The van der Waals surface area contributed by atoms with Gasteiger partial charge in [0.15, 0.2) is 11.5 Å². The standard InChI is InChI=1S/C32H31Cl2N5O5/c1-32(27-8-5-19(33)15-35-27)43-26-4-2-3-24(30(26)44-32)38-11-10-37(22-6-7-23(22)38)17-28-36-29-21(34)13-18(31(40)41)14-25(29)39(28)16-20-9-12-42-20/h2-5,8,13-15,20,22-23H,6-7,9-12,16-17H2,1H3,(H,40,41)/t20-,22+,23+,32-/m0/s1. The molecule has 0 bridgehead atoms. The Bertz CT molecular complexity index is 1780. The number of aromatic nitrogens is 3. The van der Waals surface area contributed by atoms with Crippen LogP contribution < -0.4 is 14.4 Å². The summed E-state index contributed by atoms with van der Waals surface area (Å²) in [6.45, 7) is 5.53. The normalized spacial score (nSPS) is 25.9. The molecule has 10 nitrogen and oxygen atoms in total. The lowest BCUT2D eigenvalue weighted by atomic mass is 9.81. The number of para-hydroxylation sites is 1. The fourth-order valence-corrected chi connectivity index (χ4v) is 7.26. The Morgan fingerprint density at radius 3 is 2.64 bits per heavy atom. The topological polar surface area (TPSA) is 102 Å². The van der Waals surface area contributed by atoms with E-state index in [9.17, 15) is 9.90 Å². The molecule has 4 aliphatic rings. The predicted octanol–water partition coefficient (Wildman–Crippen LogP) is 5.72. The van der Waals surface area contributed by atoms with Crippen LogP contribution in [-0.4, -0.2) is 68.4 Å². The number of hydrogen-bond donors (Lipinski definition) is 1. The van der Waals surface area contributed by atoms with Crippen molar-refractivity contribution in [3.8, 4) is 11.5 Å². The van der Waals surface area contributed by atoms with Crippen LogP contribution in [0.25, 0.3) is 11.0 Å². The minimum Gasteiger partial charge on any atom is -0.478 e. The van der Waals surface area contributed by atoms with E-state index in [-0.39, 0.29) is 11.7 Å². The second kappa shape index (κ2) is 10.5. The highest BCUT2D eigenvalue weighted by Gasteiger charge is 2.47. The molecule has 1 aliphatic carbocycles. The molecule has 3 fully saturated rings. The number of nitrogens with zero attached hydrogens (tertiary/aromatic N) is 5. The molecule has 44 heavy (non-hydrogen) atoms. The molecule has 1 saturated carbocycles. The van der Waals surface area contributed by atoms with Crippen LogP contribution in [0.15, 0.2) is 48.7 Å². The van der Waals surface area contributed by atoms with Crippen LogP contribution in [-0.2, 0) is 23.6 Å². The number of hydrogen-bond acceptors (Lipinski definition) is 8. The molecule has 8 rings (SSSR count). The van der Waals surface area contributed by atoms with Crippen LogP contribution in [0, 0.1) is 0 Å². The number of benzene rings is 2. The molecule has 2 aromatic heterocycles. The number of imidazole rings is 1. The first-order chi connectivity index (χ1) is 21.3. The smallest absolute Gasteiger partial charge is 0.335 e. The van der Waals surface area contributed by atoms with E-state index in [0.717, 1.165) is 61.7 Å². The molecule has 12 heteroatoms. The molecule has 228 valence electrons. The SMILES string of the molecule is C[C@]1(c2ccc(Cl)cn2)Oc2cccc(N3CCN(Cc4nc5c(Cl)cc(C(=O)O)cc5n4C[C@@H]4CCO4)[C@@H]4CC[C@H]43)c2O1. The van der Waals surface area contributed by atoms with E-state index in [1.54, 1.807) is 18.3 Å². The zero-order chi connectivity index (χ0) is 30.2. The van der Waals surface area contributed by atoms with Gasteiger partial charge in [-0.05, 0) is 55.7 Å². The van der Waals surface area contributed by atoms with Gasteiger partial charge in [0.2, 0.25) is 0 Å². The monoisotopic (exact) mass is 635 g/mol. The molecule has 0 unspecified atom stereocenters. The van der Waals surface area contributed by atoms with E-state index in [2.05, 4.69) is 25.4 Å². The van der Waals surface area contributed by atoms with Crippen molar-refractivity contribution in [2.45, 2.75) is 63.3 Å². The maximum atomic E-state index is 11.8. The van der Waals surface area contributed by atoms with Gasteiger partial charge in [0.25, 0.3) is 5.79 Å². The summed E-state index contributed by atoms with van der Waals surface area (Å²) < 4.78 is 20.7. The summed E-state index contributed by atoms with van der Waals surface area (Å²) in [5.41, 5.74) is 3.20. The number of ether oxygens (including phenoxy) is 3. The molecule has 5 heterocycles. The first-order valence-corrected chi connectivity index (χ1v) is 15.7. The van der Waals surface area contributed by atoms with E-state index in [1.807, 2.05) is 25.1 Å². The molecule has 0 radical (unpaired) electrons. The number of piperazine rings is 1. The van der Waals surface area contributed by atoms with E-state index in [1.165, 1.54) is 6.07 Å². The fraction of sp³-hybridized carbons (Fsp3) is 0.406. The number of rotatable bonds is 7. The highest BCUT2D eigenvalue weighted by atomic mass is 35.5. The minimum absolute atomic E-state index is 0.0860. The molecule has 2 aromatic carbocycles. The van der Waals surface area contributed by atoms with E-state index in [0.29, 0.717) is 52.2 Å². The van der Waals surface area contributed by atoms with Crippen molar-refractivity contribution in [1.29, 1.82) is 0 Å². The Labute approximate surface area is 264 Å². The third-order valence-electron chi connectivity index (χ3n) is 9.42. The number of anilines is 1. The lowest BCUT2D eigenvalue weighted by Gasteiger charge is -2.54. The summed E-state index contributed by atoms with van der Waals surface area (Å²) in [6.07, 6.45) is 4.80. The van der Waals surface area contributed by atoms with Crippen LogP contribution in [0.3, 0.4) is 0 Å². The average Bonchev–Trinajstić information content (AvgIpc) is 3.49. The highest BCUT2D eigenvalue weighted by molar-refractivity contribution is 6.35. The van der Waals surface area contributed by atoms with Crippen molar-refractivity contribution in [3.05, 3.63) is 75.8 Å². The quantitative estimate of drug-likeness (QED) is 0.273. The molecular weight excluding hydrogens is 605 g/mol. The zero-order valence-corrected chi connectivity index (χ0v) is 25.6. The average molecular weight is 637 g/mol. The summed E-state index contributed by atoms with van der Waals surface area (Å²) in [6, 6.07) is 13.5. The Morgan fingerprint density at radius 2 is 1.93 bits per heavy atom. The van der Waals surface area contributed by atoms with Crippen LogP contribution in [0.2, 0.25) is 10.0 Å². The van der Waals surface area contributed by atoms with E-state index in [4.69, 9.17) is 42.4 Å². The fourth-order valence-electron chi connectivity index (χ4n) is 6.90. The van der Waals surface area contributed by atoms with Gasteiger partial charge in [-0.1, -0.05) is 29.3 Å². The van der Waals surface area contributed by atoms with Gasteiger partial charge < -0.3 is 28.8 Å². The van der Waals surface area contributed by atoms with Crippen molar-refractivity contribution < 1.29 is 24.1 Å². The second-order valence-electron chi connectivity index (χ2n) is 12.0. The second-order valence-corrected chi connectivity index (χ2v) is 12.9. The maximum absolute atomic E-state index is 11.8. The van der Waals surface area contributed by atoms with E-state index >= 15 is 0 Å². The molecule has 0 spiro atoms. The molecule has 4 atom stereocenters. The molecule has 0 amide bonds. The van der Waals surface area contributed by atoms with Crippen molar-refractivity contribution in [2.24, 2.45) is 0 Å². The van der Waals surface area contributed by atoms with Gasteiger partial charge >= 0.3 is 5.97 Å². The van der Waals surface area contributed by atoms with Gasteiger partial charge in [0.1, 0.15) is 17.0 Å². The van der Waals surface area contributed by atoms with Crippen molar-refractivity contribution >= 4 is 45.9 Å².